The molecule has 2 aromatic carbocycles. The number of carbonyl (C=O) groups is 4. The summed E-state index contributed by atoms with van der Waals surface area (Å²) in [6, 6.07) is 12.1. The van der Waals surface area contributed by atoms with Crippen LogP contribution in [0, 0.1) is 0 Å². The number of benzene rings is 2. The fraction of sp³-hybridized carbons (Fsp3) is 0.158. The van der Waals surface area contributed by atoms with Crippen molar-refractivity contribution in [2.75, 3.05) is 10.6 Å². The number of rotatable bonds is 4. The second-order valence-electron chi connectivity index (χ2n) is 5.95. The van der Waals surface area contributed by atoms with Gasteiger partial charge in [-0.1, -0.05) is 12.1 Å². The molecule has 7 heteroatoms. The molecular formula is C19H17N3O4. The monoisotopic (exact) mass is 351 g/mol. The van der Waals surface area contributed by atoms with Gasteiger partial charge in [-0.15, -0.1) is 0 Å². The maximum Gasteiger partial charge on any atom is 0.254 e. The molecule has 1 heterocycles. The van der Waals surface area contributed by atoms with E-state index in [1.54, 1.807) is 48.5 Å². The highest BCUT2D eigenvalue weighted by Gasteiger charge is 2.29. The van der Waals surface area contributed by atoms with Gasteiger partial charge in [0.05, 0.1) is 17.7 Å². The molecule has 0 spiro atoms. The third-order valence-electron chi connectivity index (χ3n) is 4.02. The van der Waals surface area contributed by atoms with E-state index in [-0.39, 0.29) is 12.2 Å². The minimum absolute atomic E-state index is 0.0692. The fourth-order valence-corrected chi connectivity index (χ4v) is 2.64. The summed E-state index contributed by atoms with van der Waals surface area (Å²) in [6.07, 6.45) is -0.208. The van der Waals surface area contributed by atoms with E-state index in [1.807, 2.05) is 0 Å². The van der Waals surface area contributed by atoms with Gasteiger partial charge in [0.1, 0.15) is 6.04 Å². The minimum Gasteiger partial charge on any atom is -0.340 e. The van der Waals surface area contributed by atoms with Crippen LogP contribution in [0.1, 0.15) is 34.1 Å². The number of fused-ring (bicyclic) bond motifs is 1. The van der Waals surface area contributed by atoms with Crippen molar-refractivity contribution in [3.05, 3.63) is 59.7 Å². The molecule has 3 amide bonds. The average Bonchev–Trinajstić information content (AvgIpc) is 2.72. The van der Waals surface area contributed by atoms with Crippen molar-refractivity contribution in [2.24, 2.45) is 0 Å². The van der Waals surface area contributed by atoms with Crippen LogP contribution < -0.4 is 16.0 Å². The SMILES string of the molecule is CC(=O)c1ccc(NC(=O)C[C@H]2NC(=O)c3ccccc3NC2=O)cc1. The number of Topliss-reactive ketones (excluding diaryl/α,β-unsaturated/α-hetero) is 1. The quantitative estimate of drug-likeness (QED) is 0.733. The lowest BCUT2D eigenvalue weighted by Gasteiger charge is -2.14. The van der Waals surface area contributed by atoms with Crippen LogP contribution in [0.25, 0.3) is 0 Å². The molecule has 0 aromatic heterocycles. The second kappa shape index (κ2) is 7.18. The van der Waals surface area contributed by atoms with Crippen LogP contribution in [-0.2, 0) is 9.59 Å². The lowest BCUT2D eigenvalue weighted by Crippen LogP contribution is -2.43. The summed E-state index contributed by atoms with van der Waals surface area (Å²) in [6.45, 7) is 1.46. The predicted octanol–water partition coefficient (Wildman–Crippen LogP) is 1.97. The first kappa shape index (κ1) is 17.3. The molecule has 2 aromatic rings. The first-order valence-electron chi connectivity index (χ1n) is 8.05. The van der Waals surface area contributed by atoms with E-state index in [2.05, 4.69) is 16.0 Å². The van der Waals surface area contributed by atoms with Gasteiger partial charge in [-0.3, -0.25) is 19.2 Å². The number of hydrogen-bond donors (Lipinski definition) is 3. The first-order chi connectivity index (χ1) is 12.4. The van der Waals surface area contributed by atoms with E-state index >= 15 is 0 Å². The number of ketones is 1. The van der Waals surface area contributed by atoms with E-state index in [1.165, 1.54) is 6.92 Å². The Morgan fingerprint density at radius 3 is 2.42 bits per heavy atom. The van der Waals surface area contributed by atoms with Gasteiger partial charge in [0, 0.05) is 11.3 Å². The molecular weight excluding hydrogens is 334 g/mol. The van der Waals surface area contributed by atoms with Crippen LogP contribution in [0.2, 0.25) is 0 Å². The summed E-state index contributed by atoms with van der Waals surface area (Å²) < 4.78 is 0. The van der Waals surface area contributed by atoms with Crippen molar-refractivity contribution >= 4 is 34.9 Å². The molecule has 3 N–H and O–H groups in total. The lowest BCUT2D eigenvalue weighted by atomic mass is 10.1. The Morgan fingerprint density at radius 1 is 1.04 bits per heavy atom. The molecule has 132 valence electrons. The average molecular weight is 351 g/mol. The minimum atomic E-state index is -0.980. The Balaban J connectivity index is 1.66. The predicted molar refractivity (Wildman–Crippen MR) is 96.0 cm³/mol. The molecule has 7 nitrogen and oxygen atoms in total. The van der Waals surface area contributed by atoms with Crippen LogP contribution in [0.3, 0.4) is 0 Å². The molecule has 1 atom stereocenters. The zero-order valence-electron chi connectivity index (χ0n) is 14.0. The van der Waals surface area contributed by atoms with Crippen molar-refractivity contribution < 1.29 is 19.2 Å². The Morgan fingerprint density at radius 2 is 1.73 bits per heavy atom. The maximum atomic E-state index is 12.3. The standard InChI is InChI=1S/C19H17N3O4/c1-11(23)12-6-8-13(9-7-12)20-17(24)10-16-19(26)21-15-5-3-2-4-14(15)18(25)22-16/h2-9,16H,10H2,1H3,(H,20,24)(H,21,26)(H,22,25)/t16-/m1/s1. The molecule has 26 heavy (non-hydrogen) atoms. The van der Waals surface area contributed by atoms with Gasteiger partial charge in [0.2, 0.25) is 11.8 Å². The normalized spacial score (nSPS) is 16.0. The van der Waals surface area contributed by atoms with Crippen molar-refractivity contribution in [2.45, 2.75) is 19.4 Å². The van der Waals surface area contributed by atoms with Crippen LogP contribution >= 0.6 is 0 Å². The Kier molecular flexibility index (Phi) is 4.79. The number of para-hydroxylation sites is 1. The van der Waals surface area contributed by atoms with Crippen molar-refractivity contribution in [1.29, 1.82) is 0 Å². The molecule has 0 unspecified atom stereocenters. The fourth-order valence-electron chi connectivity index (χ4n) is 2.64. The summed E-state index contributed by atoms with van der Waals surface area (Å²) in [4.78, 5) is 48.0. The van der Waals surface area contributed by atoms with Crippen LogP contribution in [0.5, 0.6) is 0 Å². The highest BCUT2D eigenvalue weighted by atomic mass is 16.2. The Hall–Kier alpha value is -3.48. The van der Waals surface area contributed by atoms with Crippen molar-refractivity contribution in [3.8, 4) is 0 Å². The summed E-state index contributed by atoms with van der Waals surface area (Å²) in [5.74, 6) is -1.36. The van der Waals surface area contributed by atoms with Gasteiger partial charge < -0.3 is 16.0 Å². The van der Waals surface area contributed by atoms with Gasteiger partial charge in [-0.25, -0.2) is 0 Å². The van der Waals surface area contributed by atoms with Gasteiger partial charge in [-0.05, 0) is 43.3 Å². The molecule has 1 aliphatic heterocycles. The number of amides is 3. The van der Waals surface area contributed by atoms with E-state index in [0.717, 1.165) is 0 Å². The second-order valence-corrected chi connectivity index (χ2v) is 5.95. The third-order valence-corrected chi connectivity index (χ3v) is 4.02. The molecule has 0 aliphatic carbocycles. The van der Waals surface area contributed by atoms with Crippen molar-refractivity contribution in [3.63, 3.8) is 0 Å². The number of anilines is 2. The largest absolute Gasteiger partial charge is 0.340 e. The van der Waals surface area contributed by atoms with E-state index in [0.29, 0.717) is 22.5 Å². The number of carbonyl (C=O) groups excluding carboxylic acids is 4. The summed E-state index contributed by atoms with van der Waals surface area (Å²) in [5.41, 5.74) is 1.81. The molecule has 3 rings (SSSR count). The summed E-state index contributed by atoms with van der Waals surface area (Å²) in [7, 11) is 0. The molecule has 0 saturated carbocycles. The maximum absolute atomic E-state index is 12.3. The Bertz CT molecular complexity index is 890. The number of nitrogens with one attached hydrogen (secondary N) is 3. The molecule has 0 bridgehead atoms. The highest BCUT2D eigenvalue weighted by molar-refractivity contribution is 6.11. The zero-order valence-corrected chi connectivity index (χ0v) is 14.0. The molecule has 0 saturated heterocycles. The van der Waals surface area contributed by atoms with Gasteiger partial charge >= 0.3 is 0 Å². The number of hydrogen-bond acceptors (Lipinski definition) is 4. The highest BCUT2D eigenvalue weighted by Crippen LogP contribution is 2.19. The smallest absolute Gasteiger partial charge is 0.254 e. The molecule has 1 aliphatic rings. The van der Waals surface area contributed by atoms with Crippen molar-refractivity contribution in [1.82, 2.24) is 5.32 Å². The van der Waals surface area contributed by atoms with Crippen LogP contribution in [-0.4, -0.2) is 29.5 Å². The molecule has 0 fully saturated rings. The Labute approximate surface area is 149 Å². The van der Waals surface area contributed by atoms with E-state index in [4.69, 9.17) is 0 Å². The van der Waals surface area contributed by atoms with Crippen LogP contribution in [0.15, 0.2) is 48.5 Å². The van der Waals surface area contributed by atoms with Gasteiger partial charge in [0.15, 0.2) is 5.78 Å². The van der Waals surface area contributed by atoms with E-state index < -0.39 is 23.8 Å². The summed E-state index contributed by atoms with van der Waals surface area (Å²) >= 11 is 0. The van der Waals surface area contributed by atoms with Gasteiger partial charge in [0.25, 0.3) is 5.91 Å². The van der Waals surface area contributed by atoms with Gasteiger partial charge in [-0.2, -0.15) is 0 Å². The summed E-state index contributed by atoms with van der Waals surface area (Å²) in [5, 5.41) is 7.87. The first-order valence-corrected chi connectivity index (χ1v) is 8.05. The molecule has 0 radical (unpaired) electrons. The zero-order chi connectivity index (χ0) is 18.7. The third kappa shape index (κ3) is 3.77. The van der Waals surface area contributed by atoms with Crippen LogP contribution in [0.4, 0.5) is 11.4 Å². The van der Waals surface area contributed by atoms with E-state index in [9.17, 15) is 19.2 Å². The lowest BCUT2D eigenvalue weighted by molar-refractivity contribution is -0.122. The topological polar surface area (TPSA) is 104 Å².